The van der Waals surface area contributed by atoms with E-state index in [1.54, 1.807) is 6.92 Å². The lowest BCUT2D eigenvalue weighted by atomic mass is 9.95. The normalized spacial score (nSPS) is 13.3. The van der Waals surface area contributed by atoms with Crippen LogP contribution in [0, 0.1) is 5.92 Å². The standard InChI is InChI=1S/C34H63NO8/c1-7-12-14-16-18-20-22-40-32(37)25-35(26-33(38)41-23-21-19-17-15-13-8-2)27-34(39)43-30(28(6)9-3)24-29(10-4)42-31(36)11-5/h28-30H,7-27H2,1-6H3. The zero-order chi connectivity index (χ0) is 32.3. The van der Waals surface area contributed by atoms with Crippen LogP contribution in [0.15, 0.2) is 0 Å². The molecule has 0 heterocycles. The second kappa shape index (κ2) is 27.4. The molecule has 3 atom stereocenters. The highest BCUT2D eigenvalue weighted by atomic mass is 16.6. The highest BCUT2D eigenvalue weighted by Crippen LogP contribution is 2.21. The molecule has 43 heavy (non-hydrogen) atoms. The Hall–Kier alpha value is -2.16. The average molecular weight is 614 g/mol. The van der Waals surface area contributed by atoms with Crippen LogP contribution in [0.5, 0.6) is 0 Å². The summed E-state index contributed by atoms with van der Waals surface area (Å²) in [5.74, 6) is -1.76. The summed E-state index contributed by atoms with van der Waals surface area (Å²) in [6.45, 7) is 12.0. The fourth-order valence-electron chi connectivity index (χ4n) is 4.64. The van der Waals surface area contributed by atoms with Gasteiger partial charge >= 0.3 is 23.9 Å². The second-order valence-corrected chi connectivity index (χ2v) is 11.6. The van der Waals surface area contributed by atoms with Crippen LogP contribution >= 0.6 is 0 Å². The van der Waals surface area contributed by atoms with Crippen molar-refractivity contribution in [2.45, 2.75) is 156 Å². The van der Waals surface area contributed by atoms with Gasteiger partial charge in [0.25, 0.3) is 0 Å². The van der Waals surface area contributed by atoms with Gasteiger partial charge in [0.1, 0.15) is 12.2 Å². The molecular formula is C34H63NO8. The monoisotopic (exact) mass is 613 g/mol. The van der Waals surface area contributed by atoms with E-state index in [1.807, 2.05) is 20.8 Å². The van der Waals surface area contributed by atoms with Crippen molar-refractivity contribution in [3.05, 3.63) is 0 Å². The smallest absolute Gasteiger partial charge is 0.320 e. The quantitative estimate of drug-likeness (QED) is 0.0515. The molecule has 0 spiro atoms. The molecule has 9 nitrogen and oxygen atoms in total. The van der Waals surface area contributed by atoms with Crippen LogP contribution in [-0.4, -0.2) is 73.8 Å². The van der Waals surface area contributed by atoms with E-state index in [0.717, 1.165) is 44.9 Å². The molecule has 0 bridgehead atoms. The molecule has 0 aromatic carbocycles. The van der Waals surface area contributed by atoms with Crippen molar-refractivity contribution in [2.24, 2.45) is 5.92 Å². The van der Waals surface area contributed by atoms with Gasteiger partial charge in [0.05, 0.1) is 32.8 Å². The number of hydrogen-bond donors (Lipinski definition) is 0. The molecule has 0 fully saturated rings. The van der Waals surface area contributed by atoms with Crippen LogP contribution in [0.1, 0.15) is 144 Å². The third kappa shape index (κ3) is 23.0. The van der Waals surface area contributed by atoms with Gasteiger partial charge in [-0.1, -0.05) is 112 Å². The lowest BCUT2D eigenvalue weighted by Gasteiger charge is -2.28. The Morgan fingerprint density at radius 3 is 1.47 bits per heavy atom. The van der Waals surface area contributed by atoms with Gasteiger partial charge in [-0.25, -0.2) is 0 Å². The number of ether oxygens (including phenoxy) is 4. The lowest BCUT2D eigenvalue weighted by Crippen LogP contribution is -2.41. The molecule has 0 rings (SSSR count). The Balaban J connectivity index is 5.13. The van der Waals surface area contributed by atoms with Gasteiger partial charge in [-0.05, 0) is 25.2 Å². The molecule has 0 saturated heterocycles. The minimum absolute atomic E-state index is 0.0383. The minimum Gasteiger partial charge on any atom is -0.465 e. The van der Waals surface area contributed by atoms with Crippen molar-refractivity contribution >= 4 is 23.9 Å². The summed E-state index contributed by atoms with van der Waals surface area (Å²) in [7, 11) is 0. The van der Waals surface area contributed by atoms with E-state index in [-0.39, 0.29) is 44.0 Å². The van der Waals surface area contributed by atoms with Crippen molar-refractivity contribution in [3.8, 4) is 0 Å². The molecule has 0 saturated carbocycles. The third-order valence-electron chi connectivity index (χ3n) is 7.68. The van der Waals surface area contributed by atoms with Gasteiger partial charge < -0.3 is 18.9 Å². The summed E-state index contributed by atoms with van der Waals surface area (Å²) in [6.07, 6.45) is 14.2. The molecule has 3 unspecified atom stereocenters. The molecule has 0 radical (unpaired) electrons. The highest BCUT2D eigenvalue weighted by molar-refractivity contribution is 5.78. The van der Waals surface area contributed by atoms with Gasteiger partial charge in [0.15, 0.2) is 0 Å². The first-order valence-electron chi connectivity index (χ1n) is 17.1. The van der Waals surface area contributed by atoms with Gasteiger partial charge in [-0.15, -0.1) is 0 Å². The van der Waals surface area contributed by atoms with Gasteiger partial charge in [0.2, 0.25) is 0 Å². The van der Waals surface area contributed by atoms with Gasteiger partial charge in [-0.2, -0.15) is 0 Å². The number of unbranched alkanes of at least 4 members (excludes halogenated alkanes) is 10. The van der Waals surface area contributed by atoms with Crippen molar-refractivity contribution in [3.63, 3.8) is 0 Å². The zero-order valence-corrected chi connectivity index (χ0v) is 28.3. The number of nitrogens with zero attached hydrogens (tertiary/aromatic N) is 1. The van der Waals surface area contributed by atoms with E-state index in [9.17, 15) is 19.2 Å². The second-order valence-electron chi connectivity index (χ2n) is 11.6. The maximum absolute atomic E-state index is 13.1. The number of hydrogen-bond acceptors (Lipinski definition) is 9. The fraction of sp³-hybridized carbons (Fsp3) is 0.882. The molecule has 0 aromatic heterocycles. The Morgan fingerprint density at radius 2 is 1.02 bits per heavy atom. The zero-order valence-electron chi connectivity index (χ0n) is 28.3. The fourth-order valence-corrected chi connectivity index (χ4v) is 4.64. The first kappa shape index (κ1) is 40.8. The maximum Gasteiger partial charge on any atom is 0.320 e. The van der Waals surface area contributed by atoms with Crippen LogP contribution in [0.25, 0.3) is 0 Å². The van der Waals surface area contributed by atoms with E-state index in [4.69, 9.17) is 18.9 Å². The van der Waals surface area contributed by atoms with Gasteiger partial charge in [-0.3, -0.25) is 24.1 Å². The molecule has 9 heteroatoms. The third-order valence-corrected chi connectivity index (χ3v) is 7.68. The summed E-state index contributed by atoms with van der Waals surface area (Å²) < 4.78 is 22.2. The molecular weight excluding hydrogens is 550 g/mol. The molecule has 0 aliphatic carbocycles. The molecule has 0 amide bonds. The SMILES string of the molecule is CCCCCCCCOC(=O)CN(CC(=O)OCCCCCCCC)CC(=O)OC(CC(CC)OC(=O)CC)C(C)CC. The van der Waals surface area contributed by atoms with Crippen LogP contribution in [0.2, 0.25) is 0 Å². The van der Waals surface area contributed by atoms with E-state index in [1.165, 1.54) is 43.4 Å². The van der Waals surface area contributed by atoms with Crippen molar-refractivity contribution in [1.82, 2.24) is 4.90 Å². The molecule has 252 valence electrons. The van der Waals surface area contributed by atoms with Crippen molar-refractivity contribution < 1.29 is 38.1 Å². The summed E-state index contributed by atoms with van der Waals surface area (Å²) >= 11 is 0. The Morgan fingerprint density at radius 1 is 0.558 bits per heavy atom. The first-order valence-corrected chi connectivity index (χ1v) is 17.1. The van der Waals surface area contributed by atoms with E-state index in [0.29, 0.717) is 26.1 Å². The van der Waals surface area contributed by atoms with Crippen molar-refractivity contribution in [2.75, 3.05) is 32.8 Å². The maximum atomic E-state index is 13.1. The number of esters is 4. The first-order chi connectivity index (χ1) is 20.7. The summed E-state index contributed by atoms with van der Waals surface area (Å²) in [5, 5.41) is 0. The van der Waals surface area contributed by atoms with E-state index in [2.05, 4.69) is 13.8 Å². The number of carbonyl (C=O) groups is 4. The number of rotatable bonds is 28. The Bertz CT molecular complexity index is 712. The summed E-state index contributed by atoms with van der Waals surface area (Å²) in [5.41, 5.74) is 0. The van der Waals surface area contributed by atoms with E-state index < -0.39 is 24.0 Å². The molecule has 0 aliphatic rings. The largest absolute Gasteiger partial charge is 0.465 e. The Labute approximate surface area is 262 Å². The topological polar surface area (TPSA) is 108 Å². The Kier molecular flexibility index (Phi) is 26.0. The predicted molar refractivity (Wildman–Crippen MR) is 170 cm³/mol. The highest BCUT2D eigenvalue weighted by Gasteiger charge is 2.28. The molecule has 0 aromatic rings. The van der Waals surface area contributed by atoms with Crippen LogP contribution in [0.3, 0.4) is 0 Å². The molecule has 0 aliphatic heterocycles. The summed E-state index contributed by atoms with van der Waals surface area (Å²) in [4.78, 5) is 51.6. The minimum atomic E-state index is -0.547. The van der Waals surface area contributed by atoms with Crippen LogP contribution in [-0.2, 0) is 38.1 Å². The number of carbonyl (C=O) groups excluding carboxylic acids is 4. The predicted octanol–water partition coefficient (Wildman–Crippen LogP) is 7.18. The van der Waals surface area contributed by atoms with Crippen molar-refractivity contribution in [1.29, 1.82) is 0 Å². The summed E-state index contributed by atoms with van der Waals surface area (Å²) in [6, 6.07) is 0. The molecule has 0 N–H and O–H groups in total. The van der Waals surface area contributed by atoms with E-state index >= 15 is 0 Å². The van der Waals surface area contributed by atoms with Crippen LogP contribution < -0.4 is 0 Å². The average Bonchev–Trinajstić information content (AvgIpc) is 2.98. The van der Waals surface area contributed by atoms with Gasteiger partial charge in [0, 0.05) is 12.8 Å². The van der Waals surface area contributed by atoms with Crippen LogP contribution in [0.4, 0.5) is 0 Å². The lowest BCUT2D eigenvalue weighted by molar-refractivity contribution is -0.159.